The Kier molecular flexibility index (Phi) is 5.97. The van der Waals surface area contributed by atoms with Gasteiger partial charge in [0.05, 0.1) is 6.26 Å². The van der Waals surface area contributed by atoms with Gasteiger partial charge in [-0.25, -0.2) is 0 Å². The highest BCUT2D eigenvalue weighted by Gasteiger charge is 2.37. The van der Waals surface area contributed by atoms with Crippen LogP contribution >= 0.6 is 0 Å². The Bertz CT molecular complexity index is 527. The summed E-state index contributed by atoms with van der Waals surface area (Å²) in [5.41, 5.74) is -0.587. The van der Waals surface area contributed by atoms with Crippen LogP contribution in [0.1, 0.15) is 11.1 Å². The van der Waals surface area contributed by atoms with Crippen molar-refractivity contribution >= 4 is 15.8 Å². The van der Waals surface area contributed by atoms with E-state index in [0.717, 1.165) is 5.56 Å². The van der Waals surface area contributed by atoms with Gasteiger partial charge in [0, 0.05) is 5.56 Å². The molecule has 0 unspecified atom stereocenters. The lowest BCUT2D eigenvalue weighted by Crippen LogP contribution is -2.23. The number of benzene rings is 1. The van der Waals surface area contributed by atoms with Crippen LogP contribution in [0.15, 0.2) is 29.4 Å². The molecule has 5 nitrogen and oxygen atoms in total. The van der Waals surface area contributed by atoms with Gasteiger partial charge < -0.3 is 5.21 Å². The summed E-state index contributed by atoms with van der Waals surface area (Å²) in [5.74, 6) is 0. The smallest absolute Gasteiger partial charge is 0.410 e. The van der Waals surface area contributed by atoms with Crippen LogP contribution in [0.3, 0.4) is 0 Å². The first kappa shape index (κ1) is 17.4. The van der Waals surface area contributed by atoms with E-state index in [2.05, 4.69) is 5.16 Å². The zero-order chi connectivity index (χ0) is 15.3. The molecule has 9 heteroatoms. The summed E-state index contributed by atoms with van der Waals surface area (Å²) in [4.78, 5) is 0. The summed E-state index contributed by atoms with van der Waals surface area (Å²) in [6.45, 7) is 1.76. The van der Waals surface area contributed by atoms with Crippen molar-refractivity contribution in [2.45, 2.75) is 13.1 Å². The number of oxime groups is 1. The Labute approximate surface area is 108 Å². The Morgan fingerprint density at radius 3 is 1.84 bits per heavy atom. The van der Waals surface area contributed by atoms with Crippen molar-refractivity contribution < 1.29 is 31.3 Å². The third-order valence-corrected chi connectivity index (χ3v) is 1.69. The standard InChI is InChI=1S/C9H8F3NO.CH4O3S/c1-6-2-4-7(5-3-6)8(13-14)9(10,11)12;1-5(2,3)4/h2-5,14H,1H3;1H3,(H,2,3,4). The highest BCUT2D eigenvalue weighted by molar-refractivity contribution is 7.85. The van der Waals surface area contributed by atoms with Gasteiger partial charge in [-0.05, 0) is 6.92 Å². The van der Waals surface area contributed by atoms with Crippen LogP contribution in [0.5, 0.6) is 0 Å². The quantitative estimate of drug-likeness (QED) is 0.360. The predicted octanol–water partition coefficient (Wildman–Crippen LogP) is 2.24. The topological polar surface area (TPSA) is 87.0 Å². The number of nitrogens with zero attached hydrogens (tertiary/aromatic N) is 1. The number of rotatable bonds is 1. The van der Waals surface area contributed by atoms with Crippen molar-refractivity contribution in [1.82, 2.24) is 0 Å². The molecule has 19 heavy (non-hydrogen) atoms. The normalized spacial score (nSPS) is 12.6. The first-order valence-corrected chi connectivity index (χ1v) is 6.58. The van der Waals surface area contributed by atoms with Gasteiger partial charge in [0.2, 0.25) is 0 Å². The summed E-state index contributed by atoms with van der Waals surface area (Å²) in [6, 6.07) is 5.56. The maximum Gasteiger partial charge on any atom is 0.437 e. The van der Waals surface area contributed by atoms with Crippen molar-refractivity contribution in [3.8, 4) is 0 Å². The van der Waals surface area contributed by atoms with E-state index in [0.29, 0.717) is 6.26 Å². The molecule has 0 spiro atoms. The van der Waals surface area contributed by atoms with Crippen LogP contribution in [0, 0.1) is 6.92 Å². The zero-order valence-electron chi connectivity index (χ0n) is 10.0. The van der Waals surface area contributed by atoms with E-state index in [4.69, 9.17) is 9.76 Å². The molecule has 0 saturated heterocycles. The lowest BCUT2D eigenvalue weighted by Gasteiger charge is -2.08. The maximum atomic E-state index is 12.2. The third-order valence-electron chi connectivity index (χ3n) is 1.69. The molecule has 0 aliphatic carbocycles. The van der Waals surface area contributed by atoms with Gasteiger partial charge >= 0.3 is 6.18 Å². The molecular formula is C10H12F3NO4S. The van der Waals surface area contributed by atoms with Crippen LogP contribution in [0.25, 0.3) is 0 Å². The van der Waals surface area contributed by atoms with Crippen LogP contribution in [-0.4, -0.2) is 36.3 Å². The molecule has 0 aromatic heterocycles. The Balaban J connectivity index is 0.000000555. The van der Waals surface area contributed by atoms with E-state index in [9.17, 15) is 21.6 Å². The summed E-state index contributed by atoms with van der Waals surface area (Å²) in [5, 5.41) is 10.5. The molecule has 0 bridgehead atoms. The van der Waals surface area contributed by atoms with E-state index in [1.807, 2.05) is 0 Å². The highest BCUT2D eigenvalue weighted by atomic mass is 32.2. The van der Waals surface area contributed by atoms with Crippen molar-refractivity contribution in [2.75, 3.05) is 6.26 Å². The number of halogens is 3. The van der Waals surface area contributed by atoms with E-state index in [-0.39, 0.29) is 5.56 Å². The van der Waals surface area contributed by atoms with Crippen molar-refractivity contribution in [3.05, 3.63) is 35.4 Å². The van der Waals surface area contributed by atoms with Crippen molar-refractivity contribution in [2.24, 2.45) is 5.16 Å². The summed E-state index contributed by atoms with van der Waals surface area (Å²) < 4.78 is 62.5. The predicted molar refractivity (Wildman–Crippen MR) is 63.0 cm³/mol. The third kappa shape index (κ3) is 8.16. The molecule has 108 valence electrons. The Hall–Kier alpha value is -1.61. The SMILES string of the molecule is CS(=O)(=O)O.Cc1ccc(C(=NO)C(F)(F)F)cc1. The molecule has 0 fully saturated rings. The summed E-state index contributed by atoms with van der Waals surface area (Å²) in [6.07, 6.45) is -3.92. The zero-order valence-corrected chi connectivity index (χ0v) is 10.8. The van der Waals surface area contributed by atoms with Gasteiger partial charge in [0.15, 0.2) is 5.71 Å². The van der Waals surface area contributed by atoms with Crippen LogP contribution in [-0.2, 0) is 10.1 Å². The second kappa shape index (κ2) is 6.53. The average molecular weight is 299 g/mol. The molecular weight excluding hydrogens is 287 g/mol. The van der Waals surface area contributed by atoms with Crippen molar-refractivity contribution in [1.29, 1.82) is 0 Å². The fraction of sp³-hybridized carbons (Fsp3) is 0.300. The fourth-order valence-corrected chi connectivity index (χ4v) is 0.990. The molecule has 1 aromatic carbocycles. The van der Waals surface area contributed by atoms with Gasteiger partial charge in [-0.3, -0.25) is 4.55 Å². The molecule has 1 rings (SSSR count). The summed E-state index contributed by atoms with van der Waals surface area (Å²) >= 11 is 0. The van der Waals surface area contributed by atoms with Crippen LogP contribution in [0.2, 0.25) is 0 Å². The molecule has 2 N–H and O–H groups in total. The molecule has 0 atom stereocenters. The van der Waals surface area contributed by atoms with Gasteiger partial charge in [-0.1, -0.05) is 35.0 Å². The minimum Gasteiger partial charge on any atom is -0.410 e. The van der Waals surface area contributed by atoms with E-state index in [1.54, 1.807) is 6.92 Å². The number of hydrogen-bond donors (Lipinski definition) is 2. The van der Waals surface area contributed by atoms with Crippen LogP contribution in [0.4, 0.5) is 13.2 Å². The average Bonchev–Trinajstić information content (AvgIpc) is 2.17. The van der Waals surface area contributed by atoms with E-state index in [1.165, 1.54) is 24.3 Å². The molecule has 0 radical (unpaired) electrons. The lowest BCUT2D eigenvalue weighted by atomic mass is 10.1. The lowest BCUT2D eigenvalue weighted by molar-refractivity contribution is -0.0601. The first-order valence-electron chi connectivity index (χ1n) is 4.74. The summed E-state index contributed by atoms with van der Waals surface area (Å²) in [7, 11) is -3.67. The maximum absolute atomic E-state index is 12.2. The second-order valence-electron chi connectivity index (χ2n) is 3.55. The minimum absolute atomic E-state index is 0.148. The largest absolute Gasteiger partial charge is 0.437 e. The molecule has 0 aliphatic heterocycles. The number of alkyl halides is 3. The molecule has 1 aromatic rings. The fourth-order valence-electron chi connectivity index (χ4n) is 0.990. The molecule has 0 aliphatic rings. The highest BCUT2D eigenvalue weighted by Crippen LogP contribution is 2.22. The van der Waals surface area contributed by atoms with Crippen LogP contribution < -0.4 is 0 Å². The molecule has 0 saturated carbocycles. The van der Waals surface area contributed by atoms with Gasteiger partial charge in [0.25, 0.3) is 10.1 Å². The number of hydrogen-bond acceptors (Lipinski definition) is 4. The first-order chi connectivity index (χ1) is 8.45. The number of aryl methyl sites for hydroxylation is 1. The van der Waals surface area contributed by atoms with Crippen molar-refractivity contribution in [3.63, 3.8) is 0 Å². The van der Waals surface area contributed by atoms with Gasteiger partial charge in [-0.2, -0.15) is 21.6 Å². The van der Waals surface area contributed by atoms with E-state index >= 15 is 0 Å². The molecule has 0 heterocycles. The Morgan fingerprint density at radius 2 is 1.58 bits per heavy atom. The monoisotopic (exact) mass is 299 g/mol. The van der Waals surface area contributed by atoms with Gasteiger partial charge in [-0.15, -0.1) is 0 Å². The second-order valence-corrected chi connectivity index (χ2v) is 5.01. The molecule has 0 amide bonds. The van der Waals surface area contributed by atoms with Gasteiger partial charge in [0.1, 0.15) is 0 Å². The minimum atomic E-state index is -4.63. The Morgan fingerprint density at radius 1 is 1.21 bits per heavy atom. The van der Waals surface area contributed by atoms with E-state index < -0.39 is 22.0 Å².